The molecular formula is C22H20ClF3O3. The number of benzene rings is 2. The molecular weight excluding hydrogens is 405 g/mol. The molecule has 154 valence electrons. The van der Waals surface area contributed by atoms with E-state index in [1.807, 2.05) is 0 Å². The number of allylic oxidation sites excluding steroid dienone is 1. The third kappa shape index (κ3) is 5.32. The van der Waals surface area contributed by atoms with E-state index in [0.717, 1.165) is 0 Å². The first-order chi connectivity index (χ1) is 13.6. The molecule has 0 saturated heterocycles. The number of aryl methyl sites for hydroxylation is 2. The summed E-state index contributed by atoms with van der Waals surface area (Å²) in [6, 6.07) is 9.35. The van der Waals surface area contributed by atoms with Crippen molar-refractivity contribution in [1.29, 1.82) is 0 Å². The molecule has 0 radical (unpaired) electrons. The monoisotopic (exact) mass is 424 g/mol. The summed E-state index contributed by atoms with van der Waals surface area (Å²) in [5.41, 5.74) is 2.81. The third-order valence-electron chi connectivity index (χ3n) is 4.93. The molecule has 0 atom stereocenters. The molecule has 3 rings (SSSR count). The summed E-state index contributed by atoms with van der Waals surface area (Å²) >= 11 is 5.87. The molecule has 29 heavy (non-hydrogen) atoms. The van der Waals surface area contributed by atoms with Crippen LogP contribution < -0.4 is 4.74 Å². The molecule has 0 spiro atoms. The van der Waals surface area contributed by atoms with E-state index in [0.29, 0.717) is 32.9 Å². The van der Waals surface area contributed by atoms with E-state index in [1.54, 1.807) is 31.2 Å². The van der Waals surface area contributed by atoms with Crippen LogP contribution in [0.25, 0.3) is 5.57 Å². The van der Waals surface area contributed by atoms with Gasteiger partial charge in [-0.3, -0.25) is 4.79 Å². The first-order valence-electron chi connectivity index (χ1n) is 9.13. The Bertz CT molecular complexity index is 953. The molecule has 2 aromatic rings. The van der Waals surface area contributed by atoms with Crippen LogP contribution in [-0.2, 0) is 11.2 Å². The van der Waals surface area contributed by atoms with Gasteiger partial charge in [-0.15, -0.1) is 0 Å². The number of halogens is 4. The molecule has 0 amide bonds. The minimum Gasteiger partial charge on any atom is -0.486 e. The molecule has 7 heteroatoms. The highest BCUT2D eigenvalue weighted by molar-refractivity contribution is 6.30. The van der Waals surface area contributed by atoms with Gasteiger partial charge in [0.1, 0.15) is 6.61 Å². The van der Waals surface area contributed by atoms with Crippen molar-refractivity contribution in [3.63, 3.8) is 0 Å². The highest BCUT2D eigenvalue weighted by Gasteiger charge is 2.39. The van der Waals surface area contributed by atoms with Crippen LogP contribution in [-0.4, -0.2) is 23.6 Å². The van der Waals surface area contributed by atoms with Gasteiger partial charge in [0.05, 0.1) is 0 Å². The van der Waals surface area contributed by atoms with Gasteiger partial charge in [0, 0.05) is 24.3 Å². The second kappa shape index (κ2) is 8.49. The smallest absolute Gasteiger partial charge is 0.303 e. The van der Waals surface area contributed by atoms with Gasteiger partial charge in [-0.25, -0.2) is 13.2 Å². The standard InChI is InChI=1S/C22H20ClF3O3/c1-13-8-20(19(24)9-15(13)4-7-21(27)28)29-12-16-10-22(25,26)11-18(16)14-2-5-17(23)6-3-14/h2-3,5-6,8-9H,4,7,10-12H2,1H3,(H,27,28). The van der Waals surface area contributed by atoms with Crippen LogP contribution in [0, 0.1) is 12.7 Å². The number of hydrogen-bond donors (Lipinski definition) is 1. The Balaban J connectivity index is 1.79. The highest BCUT2D eigenvalue weighted by atomic mass is 35.5. The van der Waals surface area contributed by atoms with Crippen molar-refractivity contribution in [2.24, 2.45) is 0 Å². The molecule has 0 bridgehead atoms. The number of aliphatic carboxylic acids is 1. The van der Waals surface area contributed by atoms with Crippen molar-refractivity contribution in [3.8, 4) is 5.75 Å². The predicted molar refractivity (Wildman–Crippen MR) is 105 cm³/mol. The van der Waals surface area contributed by atoms with Gasteiger partial charge >= 0.3 is 5.97 Å². The second-order valence-corrected chi connectivity index (χ2v) is 7.63. The van der Waals surface area contributed by atoms with E-state index in [1.165, 1.54) is 12.1 Å². The van der Waals surface area contributed by atoms with Crippen molar-refractivity contribution in [2.45, 2.75) is 38.5 Å². The van der Waals surface area contributed by atoms with Crippen LogP contribution in [0.4, 0.5) is 13.2 Å². The molecule has 1 N–H and O–H groups in total. The molecule has 3 nitrogen and oxygen atoms in total. The highest BCUT2D eigenvalue weighted by Crippen LogP contribution is 2.44. The molecule has 0 saturated carbocycles. The van der Waals surface area contributed by atoms with Crippen LogP contribution in [0.5, 0.6) is 5.75 Å². The SMILES string of the molecule is Cc1cc(OCC2=C(c3ccc(Cl)cc3)CC(F)(F)C2)c(F)cc1CCC(=O)O. The van der Waals surface area contributed by atoms with E-state index in [-0.39, 0.29) is 25.2 Å². The normalized spacial score (nSPS) is 15.6. The van der Waals surface area contributed by atoms with E-state index >= 15 is 0 Å². The van der Waals surface area contributed by atoms with Gasteiger partial charge < -0.3 is 9.84 Å². The van der Waals surface area contributed by atoms with Gasteiger partial charge in [0.15, 0.2) is 11.6 Å². The molecule has 0 unspecified atom stereocenters. The zero-order valence-electron chi connectivity index (χ0n) is 15.8. The Morgan fingerprint density at radius 1 is 1.21 bits per heavy atom. The number of hydrogen-bond acceptors (Lipinski definition) is 2. The van der Waals surface area contributed by atoms with Crippen LogP contribution in [0.3, 0.4) is 0 Å². The van der Waals surface area contributed by atoms with Crippen LogP contribution >= 0.6 is 11.6 Å². The van der Waals surface area contributed by atoms with Crippen molar-refractivity contribution < 1.29 is 27.8 Å². The summed E-state index contributed by atoms with van der Waals surface area (Å²) < 4.78 is 48.0. The lowest BCUT2D eigenvalue weighted by Crippen LogP contribution is -2.12. The zero-order valence-corrected chi connectivity index (χ0v) is 16.5. The lowest BCUT2D eigenvalue weighted by molar-refractivity contribution is -0.136. The average molecular weight is 425 g/mol. The molecule has 2 aromatic carbocycles. The van der Waals surface area contributed by atoms with E-state index in [9.17, 15) is 18.0 Å². The van der Waals surface area contributed by atoms with E-state index in [4.69, 9.17) is 21.4 Å². The molecule has 0 aliphatic heterocycles. The minimum atomic E-state index is -2.87. The fraction of sp³-hybridized carbons (Fsp3) is 0.318. The summed E-state index contributed by atoms with van der Waals surface area (Å²) in [6.07, 6.45) is -0.741. The van der Waals surface area contributed by atoms with Gasteiger partial charge in [-0.2, -0.15) is 0 Å². The Morgan fingerprint density at radius 3 is 2.55 bits per heavy atom. The average Bonchev–Trinajstić information content (AvgIpc) is 2.96. The quantitative estimate of drug-likeness (QED) is 0.587. The summed E-state index contributed by atoms with van der Waals surface area (Å²) in [4.78, 5) is 10.7. The molecule has 1 aliphatic rings. The number of ether oxygens (including phenoxy) is 1. The number of alkyl halides is 2. The summed E-state index contributed by atoms with van der Waals surface area (Å²) in [5.74, 6) is -4.52. The minimum absolute atomic E-state index is 0.0419. The summed E-state index contributed by atoms with van der Waals surface area (Å²) in [5, 5.41) is 9.29. The van der Waals surface area contributed by atoms with Crippen molar-refractivity contribution in [1.82, 2.24) is 0 Å². The number of carboxylic acids is 1. The maximum Gasteiger partial charge on any atom is 0.303 e. The van der Waals surface area contributed by atoms with Crippen molar-refractivity contribution in [3.05, 3.63) is 69.5 Å². The molecule has 0 heterocycles. The van der Waals surface area contributed by atoms with Crippen LogP contribution in [0.2, 0.25) is 5.02 Å². The molecule has 0 fully saturated rings. The third-order valence-corrected chi connectivity index (χ3v) is 5.18. The molecule has 1 aliphatic carbocycles. The topological polar surface area (TPSA) is 46.5 Å². The predicted octanol–water partition coefficient (Wildman–Crippen LogP) is 6.07. The lowest BCUT2D eigenvalue weighted by atomic mass is 10.0. The largest absolute Gasteiger partial charge is 0.486 e. The van der Waals surface area contributed by atoms with Gasteiger partial charge in [-0.1, -0.05) is 23.7 Å². The Morgan fingerprint density at radius 2 is 1.90 bits per heavy atom. The van der Waals surface area contributed by atoms with Crippen LogP contribution in [0.1, 0.15) is 36.0 Å². The maximum absolute atomic E-state index is 14.4. The van der Waals surface area contributed by atoms with Crippen molar-refractivity contribution >= 4 is 23.1 Å². The van der Waals surface area contributed by atoms with Gasteiger partial charge in [-0.05, 0) is 65.4 Å². The number of carboxylic acid groups (broad SMARTS) is 1. The fourth-order valence-corrected chi connectivity index (χ4v) is 3.57. The second-order valence-electron chi connectivity index (χ2n) is 7.19. The first kappa shape index (κ1) is 21.2. The zero-order chi connectivity index (χ0) is 21.2. The Kier molecular flexibility index (Phi) is 6.22. The Labute approximate surface area is 171 Å². The maximum atomic E-state index is 14.4. The molecule has 0 aromatic heterocycles. The van der Waals surface area contributed by atoms with Gasteiger partial charge in [0.25, 0.3) is 5.92 Å². The van der Waals surface area contributed by atoms with Gasteiger partial charge in [0.2, 0.25) is 0 Å². The van der Waals surface area contributed by atoms with Crippen molar-refractivity contribution in [2.75, 3.05) is 6.61 Å². The number of rotatable bonds is 7. The fourth-order valence-electron chi connectivity index (χ4n) is 3.44. The van der Waals surface area contributed by atoms with E-state index in [2.05, 4.69) is 0 Å². The lowest BCUT2D eigenvalue weighted by Gasteiger charge is -2.13. The van der Waals surface area contributed by atoms with E-state index < -0.39 is 30.6 Å². The summed E-state index contributed by atoms with van der Waals surface area (Å²) in [7, 11) is 0. The summed E-state index contributed by atoms with van der Waals surface area (Å²) in [6.45, 7) is 1.57. The Hall–Kier alpha value is -2.47. The first-order valence-corrected chi connectivity index (χ1v) is 9.51. The number of carbonyl (C=O) groups is 1. The van der Waals surface area contributed by atoms with Crippen LogP contribution in [0.15, 0.2) is 42.0 Å².